The van der Waals surface area contributed by atoms with Crippen LogP contribution in [0.1, 0.15) is 18.0 Å². The van der Waals surface area contributed by atoms with Crippen LogP contribution in [0.25, 0.3) is 0 Å². The fraction of sp³-hybridized carbons (Fsp3) is 0.438. The monoisotopic (exact) mass is 363 g/mol. The van der Waals surface area contributed by atoms with Gasteiger partial charge >= 0.3 is 6.03 Å². The zero-order valence-corrected chi connectivity index (χ0v) is 14.6. The zero-order valence-electron chi connectivity index (χ0n) is 13.8. The van der Waals surface area contributed by atoms with Crippen LogP contribution in [-0.4, -0.2) is 58.7 Å². The lowest BCUT2D eigenvalue weighted by molar-refractivity contribution is 0.196. The molecule has 0 saturated carbocycles. The minimum atomic E-state index is -3.01. The molecule has 25 heavy (non-hydrogen) atoms. The lowest BCUT2D eigenvalue weighted by Crippen LogP contribution is -2.49. The number of aryl methyl sites for hydroxylation is 1. The highest BCUT2D eigenvalue weighted by molar-refractivity contribution is 7.91. The van der Waals surface area contributed by atoms with Crippen molar-refractivity contribution >= 4 is 15.9 Å². The summed E-state index contributed by atoms with van der Waals surface area (Å²) in [6.45, 7) is 1.09. The van der Waals surface area contributed by atoms with E-state index in [9.17, 15) is 13.2 Å². The van der Waals surface area contributed by atoms with Crippen LogP contribution in [0.5, 0.6) is 0 Å². The van der Waals surface area contributed by atoms with Gasteiger partial charge in [0.25, 0.3) is 0 Å². The van der Waals surface area contributed by atoms with Crippen LogP contribution in [0.3, 0.4) is 0 Å². The standard InChI is InChI=1S/C16H21N5O3S/c22-16(20-8-10-25(23,24)11-9-20)19-15(14-4-2-1-3-5-14)6-7-21-13-17-12-18-21/h1-5,12-13,15H,6-11H2,(H,19,22). The van der Waals surface area contributed by atoms with Crippen molar-refractivity contribution in [1.82, 2.24) is 25.0 Å². The molecule has 1 aliphatic heterocycles. The van der Waals surface area contributed by atoms with E-state index < -0.39 is 9.84 Å². The normalized spacial score (nSPS) is 17.8. The van der Waals surface area contributed by atoms with Crippen molar-refractivity contribution in [3.05, 3.63) is 48.5 Å². The summed E-state index contributed by atoms with van der Waals surface area (Å²) in [6, 6.07) is 9.29. The number of carbonyl (C=O) groups excluding carboxylic acids is 1. The first-order valence-electron chi connectivity index (χ1n) is 8.17. The molecule has 0 aliphatic carbocycles. The number of rotatable bonds is 5. The lowest BCUT2D eigenvalue weighted by atomic mass is 10.0. The number of hydrogen-bond donors (Lipinski definition) is 1. The van der Waals surface area contributed by atoms with Crippen molar-refractivity contribution in [2.24, 2.45) is 0 Å². The predicted molar refractivity (Wildman–Crippen MR) is 92.6 cm³/mol. The molecule has 134 valence electrons. The number of hydrogen-bond acceptors (Lipinski definition) is 5. The Kier molecular flexibility index (Phi) is 5.32. The first-order valence-corrected chi connectivity index (χ1v) is 9.99. The predicted octanol–water partition coefficient (Wildman–Crippen LogP) is 0.850. The molecule has 1 atom stereocenters. The molecule has 1 aliphatic rings. The van der Waals surface area contributed by atoms with Gasteiger partial charge in [0.2, 0.25) is 0 Å². The van der Waals surface area contributed by atoms with Gasteiger partial charge < -0.3 is 10.2 Å². The number of benzene rings is 1. The molecule has 9 heteroatoms. The molecule has 0 radical (unpaired) electrons. The molecular formula is C16H21N5O3S. The summed E-state index contributed by atoms with van der Waals surface area (Å²) in [5, 5.41) is 7.11. The SMILES string of the molecule is O=C(NC(CCn1cncn1)c1ccccc1)N1CCS(=O)(=O)CC1. The Morgan fingerprint density at radius 2 is 1.92 bits per heavy atom. The third-order valence-corrected chi connectivity index (χ3v) is 5.85. The second-order valence-electron chi connectivity index (χ2n) is 6.00. The number of amides is 2. The van der Waals surface area contributed by atoms with Crippen molar-refractivity contribution in [2.45, 2.75) is 19.0 Å². The Labute approximate surface area is 146 Å². The minimum absolute atomic E-state index is 0.0232. The summed E-state index contributed by atoms with van der Waals surface area (Å²) in [6.07, 6.45) is 3.77. The topological polar surface area (TPSA) is 97.2 Å². The third-order valence-electron chi connectivity index (χ3n) is 4.24. The van der Waals surface area contributed by atoms with Crippen LogP contribution in [0, 0.1) is 0 Å². The van der Waals surface area contributed by atoms with Gasteiger partial charge in [-0.15, -0.1) is 0 Å². The molecule has 1 N–H and O–H groups in total. The fourth-order valence-electron chi connectivity index (χ4n) is 2.77. The Hall–Kier alpha value is -2.42. The first kappa shape index (κ1) is 17.4. The number of urea groups is 1. The second kappa shape index (κ2) is 7.64. The molecule has 1 aromatic carbocycles. The van der Waals surface area contributed by atoms with E-state index in [-0.39, 0.29) is 36.7 Å². The maximum atomic E-state index is 12.5. The maximum absolute atomic E-state index is 12.5. The van der Waals surface area contributed by atoms with Crippen LogP contribution in [-0.2, 0) is 16.4 Å². The summed E-state index contributed by atoms with van der Waals surface area (Å²) in [5.41, 5.74) is 1.00. The van der Waals surface area contributed by atoms with Crippen LogP contribution in [0.2, 0.25) is 0 Å². The van der Waals surface area contributed by atoms with E-state index in [0.717, 1.165) is 5.56 Å². The van der Waals surface area contributed by atoms with Gasteiger partial charge in [0.05, 0.1) is 17.5 Å². The summed E-state index contributed by atoms with van der Waals surface area (Å²) in [4.78, 5) is 18.0. The van der Waals surface area contributed by atoms with Crippen molar-refractivity contribution < 1.29 is 13.2 Å². The highest BCUT2D eigenvalue weighted by atomic mass is 32.2. The molecule has 2 heterocycles. The zero-order chi connectivity index (χ0) is 17.7. The van der Waals surface area contributed by atoms with Crippen LogP contribution < -0.4 is 5.32 Å². The van der Waals surface area contributed by atoms with Gasteiger partial charge in [-0.2, -0.15) is 5.10 Å². The van der Waals surface area contributed by atoms with Crippen LogP contribution in [0.4, 0.5) is 4.79 Å². The molecule has 1 fully saturated rings. The van der Waals surface area contributed by atoms with Gasteiger partial charge in [-0.1, -0.05) is 30.3 Å². The average Bonchev–Trinajstić information content (AvgIpc) is 3.12. The average molecular weight is 363 g/mol. The summed E-state index contributed by atoms with van der Waals surface area (Å²) >= 11 is 0. The Morgan fingerprint density at radius 1 is 1.20 bits per heavy atom. The molecule has 0 spiro atoms. The fourth-order valence-corrected chi connectivity index (χ4v) is 3.97. The third kappa shape index (κ3) is 4.79. The van der Waals surface area contributed by atoms with Gasteiger partial charge in [-0.25, -0.2) is 18.2 Å². The van der Waals surface area contributed by atoms with Crippen molar-refractivity contribution in [1.29, 1.82) is 0 Å². The molecule has 1 saturated heterocycles. The Morgan fingerprint density at radius 3 is 2.56 bits per heavy atom. The van der Waals surface area contributed by atoms with E-state index in [1.807, 2.05) is 30.3 Å². The van der Waals surface area contributed by atoms with E-state index in [2.05, 4.69) is 15.4 Å². The van der Waals surface area contributed by atoms with Crippen molar-refractivity contribution in [2.75, 3.05) is 24.6 Å². The van der Waals surface area contributed by atoms with E-state index in [4.69, 9.17) is 0 Å². The lowest BCUT2D eigenvalue weighted by Gasteiger charge is -2.29. The summed E-state index contributed by atoms with van der Waals surface area (Å²) < 4.78 is 24.8. The van der Waals surface area contributed by atoms with Gasteiger partial charge in [0.15, 0.2) is 9.84 Å². The van der Waals surface area contributed by atoms with Crippen molar-refractivity contribution in [3.63, 3.8) is 0 Å². The van der Waals surface area contributed by atoms with E-state index in [1.165, 1.54) is 6.33 Å². The van der Waals surface area contributed by atoms with E-state index >= 15 is 0 Å². The van der Waals surface area contributed by atoms with Crippen molar-refractivity contribution in [3.8, 4) is 0 Å². The number of sulfone groups is 1. The molecule has 0 bridgehead atoms. The van der Waals surface area contributed by atoms with Crippen LogP contribution >= 0.6 is 0 Å². The molecule has 1 aromatic heterocycles. The number of carbonyl (C=O) groups is 1. The van der Waals surface area contributed by atoms with E-state index in [1.54, 1.807) is 15.9 Å². The Bertz CT molecular complexity index is 778. The Balaban J connectivity index is 1.65. The van der Waals surface area contributed by atoms with Crippen LogP contribution in [0.15, 0.2) is 43.0 Å². The summed E-state index contributed by atoms with van der Waals surface area (Å²) in [5.74, 6) is 0.0464. The molecular weight excluding hydrogens is 342 g/mol. The van der Waals surface area contributed by atoms with E-state index in [0.29, 0.717) is 13.0 Å². The molecule has 3 rings (SSSR count). The van der Waals surface area contributed by atoms with Gasteiger partial charge in [0.1, 0.15) is 12.7 Å². The van der Waals surface area contributed by atoms with Gasteiger partial charge in [-0.3, -0.25) is 4.68 Å². The second-order valence-corrected chi connectivity index (χ2v) is 8.30. The molecule has 2 amide bonds. The number of aromatic nitrogens is 3. The molecule has 8 nitrogen and oxygen atoms in total. The largest absolute Gasteiger partial charge is 0.331 e. The highest BCUT2D eigenvalue weighted by Crippen LogP contribution is 2.18. The van der Waals surface area contributed by atoms with Gasteiger partial charge in [0, 0.05) is 19.6 Å². The summed E-state index contributed by atoms with van der Waals surface area (Å²) in [7, 11) is -3.01. The molecule has 1 unspecified atom stereocenters. The minimum Gasteiger partial charge on any atom is -0.331 e. The number of nitrogens with one attached hydrogen (secondary N) is 1. The molecule has 2 aromatic rings. The quantitative estimate of drug-likeness (QED) is 0.849. The number of nitrogens with zero attached hydrogens (tertiary/aromatic N) is 4. The smallest absolute Gasteiger partial charge is 0.317 e. The van der Waals surface area contributed by atoms with Gasteiger partial charge in [-0.05, 0) is 12.0 Å². The highest BCUT2D eigenvalue weighted by Gasteiger charge is 2.26. The first-order chi connectivity index (χ1) is 12.0. The maximum Gasteiger partial charge on any atom is 0.317 e.